The van der Waals surface area contributed by atoms with Gasteiger partial charge >= 0.3 is 5.91 Å². The summed E-state index contributed by atoms with van der Waals surface area (Å²) in [6.07, 6.45) is 0. The van der Waals surface area contributed by atoms with E-state index in [0.29, 0.717) is 18.1 Å². The molecule has 0 radical (unpaired) electrons. The zero-order valence-corrected chi connectivity index (χ0v) is 22.6. The first-order valence-corrected chi connectivity index (χ1v) is 13.2. The molecular formula is C30H32N6O4. The second-order valence-corrected chi connectivity index (χ2v) is 9.79. The highest BCUT2D eigenvalue weighted by Crippen LogP contribution is 2.39. The van der Waals surface area contributed by atoms with Gasteiger partial charge in [-0.1, -0.05) is 29.8 Å². The number of ether oxygens (including phenoxy) is 1. The van der Waals surface area contributed by atoms with Crippen molar-refractivity contribution in [3.05, 3.63) is 78.4 Å². The molecule has 3 aromatic carbocycles. The number of aromatic hydroxyl groups is 1. The third-order valence-electron chi connectivity index (χ3n) is 6.80. The third kappa shape index (κ3) is 6.29. The summed E-state index contributed by atoms with van der Waals surface area (Å²) in [4.78, 5) is 28.2. The van der Waals surface area contributed by atoms with E-state index in [1.165, 1.54) is 12.6 Å². The Kier molecular flexibility index (Phi) is 8.07. The lowest BCUT2D eigenvalue weighted by Crippen LogP contribution is -2.46. The van der Waals surface area contributed by atoms with Gasteiger partial charge in [0.1, 0.15) is 5.75 Å². The molecule has 0 unspecified atom stereocenters. The number of aryl methyl sites for hydroxylation is 1. The van der Waals surface area contributed by atoms with Crippen molar-refractivity contribution in [1.82, 2.24) is 9.47 Å². The van der Waals surface area contributed by atoms with Crippen LogP contribution in [0.4, 0.5) is 17.1 Å². The van der Waals surface area contributed by atoms with Crippen LogP contribution < -0.4 is 15.0 Å². The van der Waals surface area contributed by atoms with Gasteiger partial charge in [-0.25, -0.2) is 0 Å². The highest BCUT2D eigenvalue weighted by atomic mass is 16.5. The van der Waals surface area contributed by atoms with Crippen LogP contribution in [0, 0.1) is 6.92 Å². The van der Waals surface area contributed by atoms with Gasteiger partial charge in [0.2, 0.25) is 11.8 Å². The quantitative estimate of drug-likeness (QED) is 0.302. The maximum atomic E-state index is 12.4. The Balaban J connectivity index is 1.26. The van der Waals surface area contributed by atoms with E-state index >= 15 is 0 Å². The number of aromatic nitrogens is 1. The summed E-state index contributed by atoms with van der Waals surface area (Å²) in [7, 11) is 0. The van der Waals surface area contributed by atoms with Crippen molar-refractivity contribution in [2.75, 3.05) is 43.0 Å². The second kappa shape index (κ2) is 12.0. The molecule has 5 rings (SSSR count). The number of carbonyl (C=O) groups is 2. The molecule has 10 nitrogen and oxygen atoms in total. The third-order valence-corrected chi connectivity index (χ3v) is 6.80. The molecule has 2 amide bonds. The Labute approximate surface area is 232 Å². The van der Waals surface area contributed by atoms with Crippen molar-refractivity contribution in [2.24, 2.45) is 10.2 Å². The average Bonchev–Trinajstić information content (AvgIpc) is 3.21. The topological polar surface area (TPSA) is 112 Å². The molecule has 1 saturated heterocycles. The maximum absolute atomic E-state index is 12.4. The number of benzene rings is 3. The van der Waals surface area contributed by atoms with Gasteiger partial charge in [0, 0.05) is 49.9 Å². The minimum Gasteiger partial charge on any atom is -0.493 e. The molecule has 1 aliphatic heterocycles. The molecule has 206 valence electrons. The van der Waals surface area contributed by atoms with Crippen LogP contribution in [0.1, 0.15) is 12.5 Å². The van der Waals surface area contributed by atoms with Gasteiger partial charge in [-0.3, -0.25) is 19.1 Å². The molecule has 2 N–H and O–H groups in total. The second-order valence-electron chi connectivity index (χ2n) is 9.79. The Bertz CT molecular complexity index is 1520. The summed E-state index contributed by atoms with van der Waals surface area (Å²) in [5.41, 5.74) is 3.94. The lowest BCUT2D eigenvalue weighted by molar-refractivity contribution is -0.120. The Morgan fingerprint density at radius 2 is 1.70 bits per heavy atom. The van der Waals surface area contributed by atoms with Crippen LogP contribution in [-0.4, -0.2) is 59.2 Å². The number of para-hydroxylation sites is 1. The Morgan fingerprint density at radius 3 is 2.40 bits per heavy atom. The fourth-order valence-electron chi connectivity index (χ4n) is 4.78. The maximum Gasteiger partial charge on any atom is 0.302 e. The fourth-order valence-corrected chi connectivity index (χ4v) is 4.78. The minimum atomic E-state index is -0.587. The summed E-state index contributed by atoms with van der Waals surface area (Å²) >= 11 is 0. The summed E-state index contributed by atoms with van der Waals surface area (Å²) in [5, 5.41) is 22.5. The van der Waals surface area contributed by atoms with Gasteiger partial charge in [0.25, 0.3) is 0 Å². The number of hydrogen-bond acceptors (Lipinski definition) is 7. The lowest BCUT2D eigenvalue weighted by atomic mass is 10.1. The lowest BCUT2D eigenvalue weighted by Gasteiger charge is -2.36. The molecule has 4 aromatic rings. The number of nitrogens with zero attached hydrogens (tertiary/aromatic N) is 5. The van der Waals surface area contributed by atoms with Gasteiger partial charge in [-0.15, -0.1) is 10.2 Å². The number of azo groups is 1. The van der Waals surface area contributed by atoms with Crippen molar-refractivity contribution in [1.29, 1.82) is 0 Å². The summed E-state index contributed by atoms with van der Waals surface area (Å²) in [5.74, 6) is -0.331. The van der Waals surface area contributed by atoms with Crippen LogP contribution in [0.15, 0.2) is 83.0 Å². The number of carbonyl (C=O) groups excluding carboxylic acids is 2. The highest BCUT2D eigenvalue weighted by molar-refractivity contribution is 5.95. The van der Waals surface area contributed by atoms with E-state index in [4.69, 9.17) is 4.74 Å². The van der Waals surface area contributed by atoms with Crippen LogP contribution in [0.25, 0.3) is 10.9 Å². The average molecular weight is 541 g/mol. The normalized spacial score (nSPS) is 14.1. The number of piperazine rings is 1. The van der Waals surface area contributed by atoms with Gasteiger partial charge in [-0.05, 0) is 55.5 Å². The number of anilines is 2. The van der Waals surface area contributed by atoms with E-state index in [-0.39, 0.29) is 24.1 Å². The first kappa shape index (κ1) is 26.9. The molecule has 1 aliphatic rings. The van der Waals surface area contributed by atoms with Gasteiger partial charge in [0.05, 0.1) is 12.2 Å². The summed E-state index contributed by atoms with van der Waals surface area (Å²) < 4.78 is 7.32. The van der Waals surface area contributed by atoms with Crippen molar-refractivity contribution in [3.8, 4) is 11.6 Å². The van der Waals surface area contributed by atoms with E-state index in [1.54, 1.807) is 24.3 Å². The number of amides is 2. The Hall–Kier alpha value is -4.70. The first-order valence-electron chi connectivity index (χ1n) is 13.2. The zero-order valence-electron chi connectivity index (χ0n) is 22.6. The van der Waals surface area contributed by atoms with E-state index in [2.05, 4.69) is 37.5 Å². The van der Waals surface area contributed by atoms with E-state index in [0.717, 1.165) is 42.6 Å². The van der Waals surface area contributed by atoms with Crippen LogP contribution >= 0.6 is 0 Å². The molecule has 1 fully saturated rings. The van der Waals surface area contributed by atoms with Crippen LogP contribution in [0.5, 0.6) is 11.6 Å². The smallest absolute Gasteiger partial charge is 0.302 e. The van der Waals surface area contributed by atoms with Crippen molar-refractivity contribution in [3.63, 3.8) is 0 Å². The van der Waals surface area contributed by atoms with E-state index in [1.807, 2.05) is 47.9 Å². The molecular weight excluding hydrogens is 508 g/mol. The molecule has 0 atom stereocenters. The molecule has 0 saturated carbocycles. The number of fused-ring (bicyclic) bond motifs is 1. The molecule has 0 bridgehead atoms. The molecule has 1 aromatic heterocycles. The van der Waals surface area contributed by atoms with Gasteiger partial charge in [0.15, 0.2) is 12.3 Å². The van der Waals surface area contributed by atoms with Crippen LogP contribution in [-0.2, 0) is 16.3 Å². The van der Waals surface area contributed by atoms with Crippen LogP contribution in [0.2, 0.25) is 0 Å². The number of rotatable bonds is 8. The van der Waals surface area contributed by atoms with Crippen molar-refractivity contribution in [2.45, 2.75) is 20.5 Å². The molecule has 2 heterocycles. The minimum absolute atomic E-state index is 0.0304. The van der Waals surface area contributed by atoms with Crippen molar-refractivity contribution >= 4 is 39.8 Å². The van der Waals surface area contributed by atoms with E-state index < -0.39 is 5.91 Å². The molecule has 0 aliphatic carbocycles. The largest absolute Gasteiger partial charge is 0.493 e. The molecule has 10 heteroatoms. The monoisotopic (exact) mass is 540 g/mol. The van der Waals surface area contributed by atoms with Crippen LogP contribution in [0.3, 0.4) is 0 Å². The Morgan fingerprint density at radius 1 is 0.975 bits per heavy atom. The van der Waals surface area contributed by atoms with Crippen molar-refractivity contribution < 1.29 is 19.4 Å². The van der Waals surface area contributed by atoms with Gasteiger partial charge < -0.3 is 20.1 Å². The first-order chi connectivity index (χ1) is 19.4. The fraction of sp³-hybridized carbons (Fsp3) is 0.267. The molecule has 0 spiro atoms. The van der Waals surface area contributed by atoms with Gasteiger partial charge in [-0.2, -0.15) is 0 Å². The highest BCUT2D eigenvalue weighted by Gasteiger charge is 2.22. The number of nitrogens with one attached hydrogen (secondary N) is 1. The summed E-state index contributed by atoms with van der Waals surface area (Å²) in [6, 6.07) is 22.9. The standard InChI is InChI=1S/C30H32N6O4/c1-21-8-13-27-26(18-21)29(33-32-28(38)19-40-25-11-9-23(10-12-25)31-22(2)37)30(39)36(27)20-34-14-16-35(17-15-34)24-6-4-3-5-7-24/h3-13,18,39H,14-17,19-20H2,1-2H3,(H,31,37). The van der Waals surface area contributed by atoms with E-state index in [9.17, 15) is 14.7 Å². The predicted octanol–water partition coefficient (Wildman–Crippen LogP) is 5.08. The number of hydrogen-bond donors (Lipinski definition) is 2. The SMILES string of the molecule is CC(=O)Nc1ccc(OCC(=O)N=Nc2c(O)n(CN3CCN(c4ccccc4)CC3)c3ccc(C)cc23)cc1. The predicted molar refractivity (Wildman–Crippen MR) is 154 cm³/mol. The zero-order chi connectivity index (χ0) is 28.1. The molecule has 40 heavy (non-hydrogen) atoms. The summed E-state index contributed by atoms with van der Waals surface area (Å²) in [6.45, 7) is 7.05.